The molecule has 1 aliphatic rings. The molecule has 0 radical (unpaired) electrons. The number of halogens is 1. The van der Waals surface area contributed by atoms with Crippen LogP contribution < -0.4 is 5.56 Å². The maximum absolute atomic E-state index is 13.8. The number of aryl methyl sites for hydroxylation is 1. The van der Waals surface area contributed by atoms with Crippen LogP contribution in [0.5, 0.6) is 0 Å². The Morgan fingerprint density at radius 3 is 2.71 bits per heavy atom. The normalized spacial score (nSPS) is 14.2. The number of hydrogen-bond acceptors (Lipinski definition) is 5. The zero-order chi connectivity index (χ0) is 21.5. The van der Waals surface area contributed by atoms with Gasteiger partial charge in [0.05, 0.1) is 11.1 Å². The van der Waals surface area contributed by atoms with Gasteiger partial charge in [-0.3, -0.25) is 9.36 Å². The molecule has 4 nitrogen and oxygen atoms in total. The minimum Gasteiger partial charge on any atom is -0.301 e. The first-order valence-corrected chi connectivity index (χ1v) is 12.4. The van der Waals surface area contributed by atoms with E-state index in [2.05, 4.69) is 11.9 Å². The van der Waals surface area contributed by atoms with Gasteiger partial charge in [0.25, 0.3) is 5.56 Å². The molecule has 2 aromatic carbocycles. The van der Waals surface area contributed by atoms with Gasteiger partial charge in [-0.1, -0.05) is 59.3 Å². The minimum atomic E-state index is 0.0255. The second kappa shape index (κ2) is 8.43. The Morgan fingerprint density at radius 1 is 1.16 bits per heavy atom. The van der Waals surface area contributed by atoms with Crippen LogP contribution in [0.1, 0.15) is 21.6 Å². The topological polar surface area (TPSA) is 38.1 Å². The largest absolute Gasteiger partial charge is 0.301 e. The molecule has 0 aliphatic carbocycles. The van der Waals surface area contributed by atoms with Crippen LogP contribution in [-0.2, 0) is 18.7 Å². The maximum atomic E-state index is 13.8. The lowest BCUT2D eigenvalue weighted by Crippen LogP contribution is -2.27. The van der Waals surface area contributed by atoms with E-state index in [1.54, 1.807) is 27.7 Å². The lowest BCUT2D eigenvalue weighted by Gasteiger charge is -2.21. The summed E-state index contributed by atoms with van der Waals surface area (Å²) in [7, 11) is 2.12. The average molecular weight is 468 g/mol. The van der Waals surface area contributed by atoms with Gasteiger partial charge in [0, 0.05) is 28.7 Å². The van der Waals surface area contributed by atoms with Crippen molar-refractivity contribution in [3.63, 3.8) is 0 Å². The highest BCUT2D eigenvalue weighted by molar-refractivity contribution is 7.98. The predicted molar refractivity (Wildman–Crippen MR) is 131 cm³/mol. The van der Waals surface area contributed by atoms with Gasteiger partial charge in [-0.25, -0.2) is 4.98 Å². The Labute approximate surface area is 194 Å². The predicted octanol–water partition coefficient (Wildman–Crippen LogP) is 5.69. The summed E-state index contributed by atoms with van der Waals surface area (Å²) >= 11 is 9.58. The minimum absolute atomic E-state index is 0.0255. The van der Waals surface area contributed by atoms with E-state index in [9.17, 15) is 4.79 Å². The first-order chi connectivity index (χ1) is 15.0. The molecule has 0 saturated heterocycles. The van der Waals surface area contributed by atoms with Crippen LogP contribution in [-0.4, -0.2) is 28.0 Å². The van der Waals surface area contributed by atoms with E-state index in [0.717, 1.165) is 51.6 Å². The quantitative estimate of drug-likeness (QED) is 0.285. The molecule has 7 heteroatoms. The SMILES string of the molecule is Cc1ccc(-n2c(SCc3ccccc3Cl)nc3sc4c(c3c2=O)CCN(C)C4)cc1. The highest BCUT2D eigenvalue weighted by Crippen LogP contribution is 2.35. The standard InChI is InChI=1S/C24H22ClN3OS2/c1-15-7-9-17(10-8-15)28-23(29)21-18-11-12-27(2)13-20(18)31-22(21)26-24(28)30-14-16-5-3-4-6-19(16)25/h3-10H,11-14H2,1-2H3. The first-order valence-electron chi connectivity index (χ1n) is 10.2. The summed E-state index contributed by atoms with van der Waals surface area (Å²) < 4.78 is 1.77. The summed E-state index contributed by atoms with van der Waals surface area (Å²) in [4.78, 5) is 23.2. The molecule has 0 unspecified atom stereocenters. The fraction of sp³-hybridized carbons (Fsp3) is 0.250. The molecule has 0 N–H and O–H groups in total. The van der Waals surface area contributed by atoms with Crippen molar-refractivity contribution in [3.8, 4) is 5.69 Å². The molecular formula is C24H22ClN3OS2. The molecule has 0 saturated carbocycles. The monoisotopic (exact) mass is 467 g/mol. The van der Waals surface area contributed by atoms with Gasteiger partial charge in [-0.2, -0.15) is 0 Å². The number of thiophene rings is 1. The van der Waals surface area contributed by atoms with E-state index >= 15 is 0 Å². The molecule has 2 aromatic heterocycles. The van der Waals surface area contributed by atoms with Crippen molar-refractivity contribution < 1.29 is 0 Å². The summed E-state index contributed by atoms with van der Waals surface area (Å²) in [5, 5.41) is 2.22. The third-order valence-corrected chi connectivity index (χ3v) is 8.11. The summed E-state index contributed by atoms with van der Waals surface area (Å²) in [5.74, 6) is 0.650. The van der Waals surface area contributed by atoms with Crippen molar-refractivity contribution >= 4 is 44.9 Å². The van der Waals surface area contributed by atoms with E-state index in [1.165, 1.54) is 10.4 Å². The lowest BCUT2D eigenvalue weighted by atomic mass is 10.1. The number of likely N-dealkylation sites (N-methyl/N-ethyl adjacent to an activating group) is 1. The van der Waals surface area contributed by atoms with Crippen LogP contribution >= 0.6 is 34.7 Å². The van der Waals surface area contributed by atoms with Crippen molar-refractivity contribution in [1.82, 2.24) is 14.5 Å². The molecule has 0 bridgehead atoms. The van der Waals surface area contributed by atoms with Crippen molar-refractivity contribution in [1.29, 1.82) is 0 Å². The van der Waals surface area contributed by atoms with Crippen LogP contribution in [0, 0.1) is 6.92 Å². The molecule has 158 valence electrons. The lowest BCUT2D eigenvalue weighted by molar-refractivity contribution is 0.318. The average Bonchev–Trinajstić information content (AvgIpc) is 3.11. The van der Waals surface area contributed by atoms with Gasteiger partial charge < -0.3 is 4.90 Å². The third-order valence-electron chi connectivity index (χ3n) is 5.64. The summed E-state index contributed by atoms with van der Waals surface area (Å²) in [6.45, 7) is 3.89. The number of benzene rings is 2. The van der Waals surface area contributed by atoms with Crippen LogP contribution in [0.4, 0.5) is 0 Å². The molecule has 1 aliphatic heterocycles. The van der Waals surface area contributed by atoms with Crippen molar-refractivity contribution in [2.24, 2.45) is 0 Å². The number of hydrogen-bond donors (Lipinski definition) is 0. The second-order valence-electron chi connectivity index (χ2n) is 7.92. The Balaban J connectivity index is 1.67. The summed E-state index contributed by atoms with van der Waals surface area (Å²) in [5.41, 5.74) is 4.24. The van der Waals surface area contributed by atoms with Gasteiger partial charge >= 0.3 is 0 Å². The van der Waals surface area contributed by atoms with Gasteiger partial charge in [-0.15, -0.1) is 11.3 Å². The van der Waals surface area contributed by atoms with Crippen LogP contribution in [0.3, 0.4) is 0 Å². The number of nitrogens with zero attached hydrogens (tertiary/aromatic N) is 3. The summed E-state index contributed by atoms with van der Waals surface area (Å²) in [6, 6.07) is 15.9. The highest BCUT2D eigenvalue weighted by Gasteiger charge is 2.24. The number of aromatic nitrogens is 2. The highest BCUT2D eigenvalue weighted by atomic mass is 35.5. The molecule has 0 spiro atoms. The zero-order valence-corrected chi connectivity index (χ0v) is 19.8. The van der Waals surface area contributed by atoms with E-state index in [4.69, 9.17) is 16.6 Å². The summed E-state index contributed by atoms with van der Waals surface area (Å²) in [6.07, 6.45) is 0.892. The van der Waals surface area contributed by atoms with Crippen molar-refractivity contribution in [2.75, 3.05) is 13.6 Å². The van der Waals surface area contributed by atoms with Gasteiger partial charge in [0.2, 0.25) is 0 Å². The zero-order valence-electron chi connectivity index (χ0n) is 17.4. The molecular weight excluding hydrogens is 446 g/mol. The number of fused-ring (bicyclic) bond motifs is 3. The van der Waals surface area contributed by atoms with Gasteiger partial charge in [0.1, 0.15) is 4.83 Å². The van der Waals surface area contributed by atoms with Crippen molar-refractivity contribution in [2.45, 2.75) is 30.8 Å². The molecule has 3 heterocycles. The Hall–Kier alpha value is -2.12. The second-order valence-corrected chi connectivity index (χ2v) is 10.4. The molecule has 5 rings (SSSR count). The van der Waals surface area contributed by atoms with Crippen LogP contribution in [0.2, 0.25) is 5.02 Å². The van der Waals surface area contributed by atoms with E-state index in [0.29, 0.717) is 10.9 Å². The molecule has 31 heavy (non-hydrogen) atoms. The smallest absolute Gasteiger partial charge is 0.267 e. The van der Waals surface area contributed by atoms with Gasteiger partial charge in [-0.05, 0) is 49.7 Å². The fourth-order valence-electron chi connectivity index (χ4n) is 3.93. The molecule has 0 amide bonds. The van der Waals surface area contributed by atoms with Crippen molar-refractivity contribution in [3.05, 3.63) is 85.5 Å². The number of thioether (sulfide) groups is 1. The van der Waals surface area contributed by atoms with E-state index < -0.39 is 0 Å². The number of rotatable bonds is 4. The molecule has 0 fully saturated rings. The maximum Gasteiger partial charge on any atom is 0.267 e. The fourth-order valence-corrected chi connectivity index (χ4v) is 6.57. The van der Waals surface area contributed by atoms with Crippen LogP contribution in [0.25, 0.3) is 15.9 Å². The third kappa shape index (κ3) is 3.94. The molecule has 0 atom stereocenters. The van der Waals surface area contributed by atoms with E-state index in [-0.39, 0.29) is 5.56 Å². The van der Waals surface area contributed by atoms with E-state index in [1.807, 2.05) is 55.5 Å². The van der Waals surface area contributed by atoms with Gasteiger partial charge in [0.15, 0.2) is 5.16 Å². The molecule has 4 aromatic rings. The van der Waals surface area contributed by atoms with Crippen LogP contribution in [0.15, 0.2) is 58.5 Å². The Morgan fingerprint density at radius 2 is 1.94 bits per heavy atom. The first kappa shape index (κ1) is 20.8. The Kier molecular flexibility index (Phi) is 5.65. The Bertz CT molecular complexity index is 1330.